The normalized spacial score (nSPS) is 11.0. The first kappa shape index (κ1) is 30.7. The molecule has 0 aliphatic rings. The van der Waals surface area contributed by atoms with Gasteiger partial charge in [0.1, 0.15) is 11.4 Å². The average molecular weight is 621 g/mol. The van der Waals surface area contributed by atoms with Crippen LogP contribution >= 0.6 is 35.0 Å². The number of ether oxygens (including phenoxy) is 1. The zero-order valence-corrected chi connectivity index (χ0v) is 24.9. The summed E-state index contributed by atoms with van der Waals surface area (Å²) in [7, 11) is 0. The van der Waals surface area contributed by atoms with Crippen molar-refractivity contribution in [3.63, 3.8) is 0 Å². The van der Waals surface area contributed by atoms with Gasteiger partial charge in [-0.25, -0.2) is 0 Å². The highest BCUT2D eigenvalue weighted by molar-refractivity contribution is 8.00. The van der Waals surface area contributed by atoms with Gasteiger partial charge >= 0.3 is 0 Å². The van der Waals surface area contributed by atoms with Crippen LogP contribution < -0.4 is 20.7 Å². The molecule has 4 aromatic rings. The Hall–Kier alpha value is -4.24. The fraction of sp³-hybridized carbons (Fsp3) is 0.0938. The van der Waals surface area contributed by atoms with Gasteiger partial charge in [-0.3, -0.25) is 14.4 Å². The Morgan fingerprint density at radius 2 is 1.50 bits per heavy atom. The molecule has 4 rings (SSSR count). The quantitative estimate of drug-likeness (QED) is 0.119. The van der Waals surface area contributed by atoms with E-state index < -0.39 is 11.8 Å². The molecule has 0 unspecified atom stereocenters. The third-order valence-electron chi connectivity index (χ3n) is 5.73. The van der Waals surface area contributed by atoms with Crippen LogP contribution in [0.25, 0.3) is 6.08 Å². The van der Waals surface area contributed by atoms with Gasteiger partial charge in [0.05, 0.1) is 12.4 Å². The highest BCUT2D eigenvalue weighted by Gasteiger charge is 2.17. The number of rotatable bonds is 11. The second-order valence-electron chi connectivity index (χ2n) is 8.79. The summed E-state index contributed by atoms with van der Waals surface area (Å²) in [4.78, 5) is 39.6. The largest absolute Gasteiger partial charge is 0.494 e. The number of halogens is 2. The minimum absolute atomic E-state index is 0.0494. The lowest BCUT2D eigenvalue weighted by atomic mass is 10.1. The molecule has 0 atom stereocenters. The molecule has 3 N–H and O–H groups in total. The molecular formula is C32H27Cl2N3O4S. The molecule has 3 amide bonds. The van der Waals surface area contributed by atoms with E-state index in [1.165, 1.54) is 17.8 Å². The fourth-order valence-electron chi connectivity index (χ4n) is 3.74. The second-order valence-corrected chi connectivity index (χ2v) is 10.7. The molecule has 0 fully saturated rings. The Bertz CT molecular complexity index is 1580. The lowest BCUT2D eigenvalue weighted by molar-refractivity contribution is -0.114. The van der Waals surface area contributed by atoms with Gasteiger partial charge in [-0.05, 0) is 79.7 Å². The maximum absolute atomic E-state index is 13.4. The highest BCUT2D eigenvalue weighted by Crippen LogP contribution is 2.27. The van der Waals surface area contributed by atoms with Gasteiger partial charge in [-0.15, -0.1) is 11.8 Å². The van der Waals surface area contributed by atoms with Crippen LogP contribution in [0.3, 0.4) is 0 Å². The lowest BCUT2D eigenvalue weighted by Crippen LogP contribution is -2.30. The van der Waals surface area contributed by atoms with E-state index in [9.17, 15) is 14.4 Å². The van der Waals surface area contributed by atoms with Crippen LogP contribution in [0.15, 0.2) is 108 Å². The van der Waals surface area contributed by atoms with Gasteiger partial charge < -0.3 is 20.7 Å². The third-order valence-corrected chi connectivity index (χ3v) is 7.38. The van der Waals surface area contributed by atoms with Gasteiger partial charge in [0, 0.05) is 37.4 Å². The van der Waals surface area contributed by atoms with Gasteiger partial charge in [-0.1, -0.05) is 53.5 Å². The van der Waals surface area contributed by atoms with Crippen LogP contribution in [-0.4, -0.2) is 30.1 Å². The zero-order chi connectivity index (χ0) is 29.9. The minimum atomic E-state index is -0.578. The number of amides is 3. The van der Waals surface area contributed by atoms with E-state index in [0.29, 0.717) is 39.2 Å². The second kappa shape index (κ2) is 15.1. The van der Waals surface area contributed by atoms with Crippen molar-refractivity contribution in [2.75, 3.05) is 23.0 Å². The maximum Gasteiger partial charge on any atom is 0.272 e. The monoisotopic (exact) mass is 619 g/mol. The average Bonchev–Trinajstić information content (AvgIpc) is 2.99. The number of carbonyl (C=O) groups excluding carboxylic acids is 3. The van der Waals surface area contributed by atoms with E-state index in [1.807, 2.05) is 13.0 Å². The Morgan fingerprint density at radius 1 is 0.810 bits per heavy atom. The molecule has 0 aromatic heterocycles. The third kappa shape index (κ3) is 8.88. The number of anilines is 2. The van der Waals surface area contributed by atoms with E-state index in [0.717, 1.165) is 10.6 Å². The molecule has 0 saturated carbocycles. The smallest absolute Gasteiger partial charge is 0.272 e. The molecule has 0 bridgehead atoms. The number of benzene rings is 4. The summed E-state index contributed by atoms with van der Waals surface area (Å²) < 4.78 is 5.42. The molecule has 4 aromatic carbocycles. The van der Waals surface area contributed by atoms with Gasteiger partial charge in [0.2, 0.25) is 5.91 Å². The molecule has 42 heavy (non-hydrogen) atoms. The van der Waals surface area contributed by atoms with Crippen LogP contribution in [0.1, 0.15) is 22.8 Å². The van der Waals surface area contributed by atoms with E-state index in [2.05, 4.69) is 16.0 Å². The first-order valence-corrected chi connectivity index (χ1v) is 14.7. The first-order chi connectivity index (χ1) is 20.3. The summed E-state index contributed by atoms with van der Waals surface area (Å²) in [6, 6.07) is 27.7. The van der Waals surface area contributed by atoms with Crippen molar-refractivity contribution >= 4 is 70.1 Å². The lowest BCUT2D eigenvalue weighted by Gasteiger charge is -2.13. The van der Waals surface area contributed by atoms with E-state index in [-0.39, 0.29) is 17.4 Å². The van der Waals surface area contributed by atoms with Gasteiger partial charge in [0.15, 0.2) is 0 Å². The summed E-state index contributed by atoms with van der Waals surface area (Å²) >= 11 is 14.0. The number of nitrogens with one attached hydrogen (secondary N) is 3. The zero-order valence-electron chi connectivity index (χ0n) is 22.5. The standard InChI is InChI=1S/C32H27Cl2N3O4S/c1-2-41-24-16-14-22(15-17-24)35-30(38)20-42-25-11-6-10-23(18-25)36-32(40)29(19-26-27(33)12-7-13-28(26)34)37-31(39)21-8-4-3-5-9-21/h3-19H,2,20H2,1H3,(H,35,38)(H,36,40)(H,37,39)/b29-19+. The summed E-state index contributed by atoms with van der Waals surface area (Å²) in [6.45, 7) is 2.47. The van der Waals surface area contributed by atoms with Gasteiger partial charge in [0.25, 0.3) is 11.8 Å². The summed E-state index contributed by atoms with van der Waals surface area (Å²) in [5.41, 5.74) is 1.86. The molecular weight excluding hydrogens is 593 g/mol. The molecule has 0 radical (unpaired) electrons. The van der Waals surface area contributed by atoms with Crippen LogP contribution in [-0.2, 0) is 9.59 Å². The van der Waals surface area contributed by atoms with Crippen LogP contribution in [0.5, 0.6) is 5.75 Å². The van der Waals surface area contributed by atoms with Crippen molar-refractivity contribution in [3.8, 4) is 5.75 Å². The predicted molar refractivity (Wildman–Crippen MR) is 170 cm³/mol. The Kier molecular flexibility index (Phi) is 11.1. The number of hydrogen-bond acceptors (Lipinski definition) is 5. The van der Waals surface area contributed by atoms with Crippen molar-refractivity contribution in [1.82, 2.24) is 5.32 Å². The van der Waals surface area contributed by atoms with Crippen molar-refractivity contribution in [2.45, 2.75) is 11.8 Å². The highest BCUT2D eigenvalue weighted by atomic mass is 35.5. The SMILES string of the molecule is CCOc1ccc(NC(=O)CSc2cccc(NC(=O)/C(=C\c3c(Cl)cccc3Cl)NC(=O)c3ccccc3)c2)cc1. The number of hydrogen-bond donors (Lipinski definition) is 3. The number of thioether (sulfide) groups is 1. The molecule has 214 valence electrons. The number of carbonyl (C=O) groups is 3. The molecule has 0 aliphatic carbocycles. The summed E-state index contributed by atoms with van der Waals surface area (Å²) in [5, 5.41) is 8.98. The predicted octanol–water partition coefficient (Wildman–Crippen LogP) is 7.53. The topological polar surface area (TPSA) is 96.5 Å². The van der Waals surface area contributed by atoms with Crippen LogP contribution in [0, 0.1) is 0 Å². The Balaban J connectivity index is 1.45. The van der Waals surface area contributed by atoms with E-state index in [1.54, 1.807) is 91.0 Å². The Labute approximate surface area is 258 Å². The fourth-order valence-corrected chi connectivity index (χ4v) is 5.01. The van der Waals surface area contributed by atoms with Crippen LogP contribution in [0.4, 0.5) is 11.4 Å². The summed E-state index contributed by atoms with van der Waals surface area (Å²) in [6.07, 6.45) is 1.44. The molecule has 0 spiro atoms. The van der Waals surface area contributed by atoms with Crippen molar-refractivity contribution in [2.24, 2.45) is 0 Å². The van der Waals surface area contributed by atoms with E-state index in [4.69, 9.17) is 27.9 Å². The van der Waals surface area contributed by atoms with Crippen molar-refractivity contribution in [3.05, 3.63) is 124 Å². The molecule has 7 nitrogen and oxygen atoms in total. The molecule has 0 heterocycles. The molecule has 10 heteroatoms. The van der Waals surface area contributed by atoms with Crippen LogP contribution in [0.2, 0.25) is 10.0 Å². The molecule has 0 aliphatic heterocycles. The maximum atomic E-state index is 13.4. The van der Waals surface area contributed by atoms with Gasteiger partial charge in [-0.2, -0.15) is 0 Å². The summed E-state index contributed by atoms with van der Waals surface area (Å²) in [5.74, 6) is -0.331. The van der Waals surface area contributed by atoms with E-state index >= 15 is 0 Å². The Morgan fingerprint density at radius 3 is 2.19 bits per heavy atom. The minimum Gasteiger partial charge on any atom is -0.494 e. The van der Waals surface area contributed by atoms with Crippen molar-refractivity contribution in [1.29, 1.82) is 0 Å². The van der Waals surface area contributed by atoms with Crippen molar-refractivity contribution < 1.29 is 19.1 Å². The molecule has 0 saturated heterocycles. The first-order valence-electron chi connectivity index (χ1n) is 12.9.